The Bertz CT molecular complexity index is 326. The second-order valence-electron chi connectivity index (χ2n) is 4.16. The maximum absolute atomic E-state index is 11.5. The van der Waals surface area contributed by atoms with Crippen molar-refractivity contribution in [2.75, 3.05) is 25.2 Å². The van der Waals surface area contributed by atoms with Gasteiger partial charge < -0.3 is 10.5 Å². The van der Waals surface area contributed by atoms with Gasteiger partial charge in [-0.1, -0.05) is 6.92 Å². The van der Waals surface area contributed by atoms with Gasteiger partial charge in [0.15, 0.2) is 0 Å². The minimum Gasteiger partial charge on any atom is -0.469 e. The standard InChI is InChI=1S/C10H21NO4S/c1-4-6-16(13,14)7-5-10(2,8-11)9(12)15-3/h4-8,11H2,1-3H3. The highest BCUT2D eigenvalue weighted by atomic mass is 32.2. The van der Waals surface area contributed by atoms with E-state index < -0.39 is 21.2 Å². The molecular weight excluding hydrogens is 230 g/mol. The van der Waals surface area contributed by atoms with Crippen LogP contribution in [-0.4, -0.2) is 39.5 Å². The van der Waals surface area contributed by atoms with E-state index in [1.54, 1.807) is 13.8 Å². The minimum absolute atomic E-state index is 0.0242. The van der Waals surface area contributed by atoms with Crippen LogP contribution in [0.15, 0.2) is 0 Å². The van der Waals surface area contributed by atoms with E-state index in [2.05, 4.69) is 4.74 Å². The lowest BCUT2D eigenvalue weighted by Gasteiger charge is -2.24. The van der Waals surface area contributed by atoms with E-state index in [0.29, 0.717) is 6.42 Å². The number of nitrogens with two attached hydrogens (primary N) is 1. The first-order valence-electron chi connectivity index (χ1n) is 5.30. The predicted octanol–water partition coefficient (Wildman–Crippen LogP) is 0.339. The quantitative estimate of drug-likeness (QED) is 0.659. The van der Waals surface area contributed by atoms with Gasteiger partial charge in [0.1, 0.15) is 9.84 Å². The highest BCUT2D eigenvalue weighted by molar-refractivity contribution is 7.91. The third kappa shape index (κ3) is 4.49. The first kappa shape index (κ1) is 15.4. The zero-order chi connectivity index (χ0) is 12.8. The molecule has 0 aromatic rings. The molecule has 5 nitrogen and oxygen atoms in total. The number of hydrogen-bond donors (Lipinski definition) is 1. The second kappa shape index (κ2) is 6.20. The Morgan fingerprint density at radius 2 is 1.94 bits per heavy atom. The van der Waals surface area contributed by atoms with Crippen LogP contribution in [0.4, 0.5) is 0 Å². The maximum atomic E-state index is 11.5. The molecule has 1 unspecified atom stereocenters. The monoisotopic (exact) mass is 251 g/mol. The average Bonchev–Trinajstić information content (AvgIpc) is 2.25. The van der Waals surface area contributed by atoms with E-state index >= 15 is 0 Å². The van der Waals surface area contributed by atoms with Crippen molar-refractivity contribution >= 4 is 15.8 Å². The van der Waals surface area contributed by atoms with Crippen LogP contribution in [0.5, 0.6) is 0 Å². The van der Waals surface area contributed by atoms with E-state index in [1.165, 1.54) is 7.11 Å². The number of methoxy groups -OCH3 is 1. The van der Waals surface area contributed by atoms with Crippen molar-refractivity contribution in [2.45, 2.75) is 26.7 Å². The third-order valence-corrected chi connectivity index (χ3v) is 4.47. The fraction of sp³-hybridized carbons (Fsp3) is 0.900. The molecule has 0 fully saturated rings. The molecule has 0 spiro atoms. The Hall–Kier alpha value is -0.620. The molecule has 96 valence electrons. The van der Waals surface area contributed by atoms with Crippen LogP contribution in [0.2, 0.25) is 0 Å². The molecule has 0 aliphatic carbocycles. The SMILES string of the molecule is CCCS(=O)(=O)CCC(C)(CN)C(=O)OC. The first-order valence-corrected chi connectivity index (χ1v) is 7.12. The molecule has 6 heteroatoms. The minimum atomic E-state index is -3.08. The van der Waals surface area contributed by atoms with Gasteiger partial charge in [-0.05, 0) is 19.8 Å². The molecule has 0 rings (SSSR count). The average molecular weight is 251 g/mol. The van der Waals surface area contributed by atoms with Crippen LogP contribution in [0, 0.1) is 5.41 Å². The molecule has 0 saturated carbocycles. The van der Waals surface area contributed by atoms with Crippen LogP contribution >= 0.6 is 0 Å². The number of esters is 1. The van der Waals surface area contributed by atoms with Gasteiger partial charge in [0.05, 0.1) is 18.3 Å². The van der Waals surface area contributed by atoms with Crippen LogP contribution < -0.4 is 5.73 Å². The molecule has 0 aromatic heterocycles. The highest BCUT2D eigenvalue weighted by Gasteiger charge is 2.34. The van der Waals surface area contributed by atoms with Crippen molar-refractivity contribution in [3.8, 4) is 0 Å². The summed E-state index contributed by atoms with van der Waals surface area (Å²) in [5.74, 6) is -0.333. The summed E-state index contributed by atoms with van der Waals surface area (Å²) < 4.78 is 27.6. The zero-order valence-electron chi connectivity index (χ0n) is 10.2. The molecule has 0 aromatic carbocycles. The van der Waals surface area contributed by atoms with Crippen LogP contribution in [0.3, 0.4) is 0 Å². The van der Waals surface area contributed by atoms with Gasteiger partial charge >= 0.3 is 5.97 Å². The van der Waals surface area contributed by atoms with Crippen molar-refractivity contribution in [1.29, 1.82) is 0 Å². The van der Waals surface area contributed by atoms with Crippen LogP contribution in [0.1, 0.15) is 26.7 Å². The summed E-state index contributed by atoms with van der Waals surface area (Å²) >= 11 is 0. The number of rotatable bonds is 7. The van der Waals surface area contributed by atoms with Gasteiger partial charge in [-0.25, -0.2) is 8.42 Å². The molecule has 1 atom stereocenters. The van der Waals surface area contributed by atoms with Gasteiger partial charge in [-0.3, -0.25) is 4.79 Å². The van der Waals surface area contributed by atoms with Crippen molar-refractivity contribution < 1.29 is 17.9 Å². The van der Waals surface area contributed by atoms with E-state index in [-0.39, 0.29) is 24.5 Å². The van der Waals surface area contributed by atoms with Gasteiger partial charge in [-0.15, -0.1) is 0 Å². The molecule has 0 heterocycles. The molecule has 2 N–H and O–H groups in total. The van der Waals surface area contributed by atoms with Crippen LogP contribution in [0.25, 0.3) is 0 Å². The summed E-state index contributed by atoms with van der Waals surface area (Å²) in [6.07, 6.45) is 0.790. The summed E-state index contributed by atoms with van der Waals surface area (Å²) in [7, 11) is -1.81. The zero-order valence-corrected chi connectivity index (χ0v) is 11.0. The van der Waals surface area contributed by atoms with Gasteiger partial charge in [-0.2, -0.15) is 0 Å². The van der Waals surface area contributed by atoms with Crippen molar-refractivity contribution in [2.24, 2.45) is 11.1 Å². The predicted molar refractivity (Wildman–Crippen MR) is 62.7 cm³/mol. The Balaban J connectivity index is 4.52. The maximum Gasteiger partial charge on any atom is 0.312 e. The number of carbonyl (C=O) groups is 1. The highest BCUT2D eigenvalue weighted by Crippen LogP contribution is 2.22. The van der Waals surface area contributed by atoms with Crippen molar-refractivity contribution in [1.82, 2.24) is 0 Å². The van der Waals surface area contributed by atoms with E-state index in [9.17, 15) is 13.2 Å². The smallest absolute Gasteiger partial charge is 0.312 e. The lowest BCUT2D eigenvalue weighted by molar-refractivity contribution is -0.151. The molecule has 0 saturated heterocycles. The van der Waals surface area contributed by atoms with Gasteiger partial charge in [0, 0.05) is 12.3 Å². The molecule has 16 heavy (non-hydrogen) atoms. The Kier molecular flexibility index (Phi) is 5.96. The molecule has 0 amide bonds. The Morgan fingerprint density at radius 3 is 2.31 bits per heavy atom. The largest absolute Gasteiger partial charge is 0.469 e. The normalized spacial score (nSPS) is 15.5. The number of hydrogen-bond acceptors (Lipinski definition) is 5. The van der Waals surface area contributed by atoms with E-state index in [1.807, 2.05) is 0 Å². The van der Waals surface area contributed by atoms with E-state index in [0.717, 1.165) is 0 Å². The molecule has 0 aliphatic heterocycles. The van der Waals surface area contributed by atoms with Gasteiger partial charge in [0.2, 0.25) is 0 Å². The Morgan fingerprint density at radius 1 is 1.38 bits per heavy atom. The summed E-state index contributed by atoms with van der Waals surface area (Å²) in [5, 5.41) is 0. The fourth-order valence-electron chi connectivity index (χ4n) is 1.33. The third-order valence-electron chi connectivity index (χ3n) is 2.61. The number of ether oxygens (including phenoxy) is 1. The Labute approximate surface area is 97.3 Å². The summed E-state index contributed by atoms with van der Waals surface area (Å²) in [4.78, 5) is 11.4. The lowest BCUT2D eigenvalue weighted by atomic mass is 9.88. The van der Waals surface area contributed by atoms with E-state index in [4.69, 9.17) is 5.73 Å². The lowest BCUT2D eigenvalue weighted by Crippen LogP contribution is -2.38. The molecular formula is C10H21NO4S. The summed E-state index contributed by atoms with van der Waals surface area (Å²) in [5.41, 5.74) is 4.58. The topological polar surface area (TPSA) is 86.5 Å². The molecule has 0 bridgehead atoms. The number of sulfone groups is 1. The summed E-state index contributed by atoms with van der Waals surface area (Å²) in [6.45, 7) is 3.52. The first-order chi connectivity index (χ1) is 7.31. The van der Waals surface area contributed by atoms with Crippen LogP contribution in [-0.2, 0) is 19.4 Å². The molecule has 0 aliphatic rings. The van der Waals surface area contributed by atoms with Gasteiger partial charge in [0.25, 0.3) is 0 Å². The fourth-order valence-corrected chi connectivity index (χ4v) is 2.92. The summed E-state index contributed by atoms with van der Waals surface area (Å²) in [6, 6.07) is 0. The number of carbonyl (C=O) groups excluding carboxylic acids is 1. The molecule has 0 radical (unpaired) electrons. The second-order valence-corrected chi connectivity index (χ2v) is 6.46. The van der Waals surface area contributed by atoms with Crippen molar-refractivity contribution in [3.63, 3.8) is 0 Å². The van der Waals surface area contributed by atoms with Crippen molar-refractivity contribution in [3.05, 3.63) is 0 Å².